The van der Waals surface area contributed by atoms with Crippen LogP contribution in [0, 0.1) is 11.3 Å². The van der Waals surface area contributed by atoms with Gasteiger partial charge < -0.3 is 20.3 Å². The summed E-state index contributed by atoms with van der Waals surface area (Å²) in [6, 6.07) is -0.208. The van der Waals surface area contributed by atoms with Crippen LogP contribution in [0.2, 0.25) is 0 Å². The number of carbonyl (C=O) groups is 1. The van der Waals surface area contributed by atoms with Crippen molar-refractivity contribution in [2.24, 2.45) is 11.3 Å². The molecule has 6 nitrogen and oxygen atoms in total. The molecule has 1 aromatic rings. The SMILES string of the molecule is CC(C)Cn1ccnc1CNC(=O)NCC(C)(C)CCO. The molecular weight excluding hydrogens is 268 g/mol. The molecule has 0 aliphatic rings. The highest BCUT2D eigenvalue weighted by Gasteiger charge is 2.18. The summed E-state index contributed by atoms with van der Waals surface area (Å²) in [5.74, 6) is 1.39. The zero-order valence-electron chi connectivity index (χ0n) is 13.5. The molecule has 0 aliphatic heterocycles. The van der Waals surface area contributed by atoms with E-state index >= 15 is 0 Å². The Morgan fingerprint density at radius 3 is 2.76 bits per heavy atom. The van der Waals surface area contributed by atoms with Crippen LogP contribution in [0.25, 0.3) is 0 Å². The first-order chi connectivity index (χ1) is 9.84. The smallest absolute Gasteiger partial charge is 0.315 e. The fraction of sp³-hybridized carbons (Fsp3) is 0.733. The van der Waals surface area contributed by atoms with E-state index in [0.29, 0.717) is 25.4 Å². The molecule has 2 amide bonds. The van der Waals surface area contributed by atoms with Crippen molar-refractivity contribution in [3.63, 3.8) is 0 Å². The normalized spacial score (nSPS) is 11.7. The number of hydrogen-bond donors (Lipinski definition) is 3. The van der Waals surface area contributed by atoms with Gasteiger partial charge in [0.2, 0.25) is 0 Å². The van der Waals surface area contributed by atoms with Crippen LogP contribution >= 0.6 is 0 Å². The van der Waals surface area contributed by atoms with E-state index in [2.05, 4.69) is 34.0 Å². The predicted octanol–water partition coefficient (Wildman–Crippen LogP) is 1.75. The number of aromatic nitrogens is 2. The Morgan fingerprint density at radius 2 is 2.14 bits per heavy atom. The van der Waals surface area contributed by atoms with Crippen LogP contribution < -0.4 is 10.6 Å². The van der Waals surface area contributed by atoms with Crippen molar-refractivity contribution in [2.45, 2.75) is 47.2 Å². The minimum absolute atomic E-state index is 0.109. The van der Waals surface area contributed by atoms with E-state index in [0.717, 1.165) is 12.4 Å². The van der Waals surface area contributed by atoms with E-state index in [9.17, 15) is 4.79 Å². The van der Waals surface area contributed by atoms with Crippen LogP contribution in [0.4, 0.5) is 4.79 Å². The fourth-order valence-electron chi connectivity index (χ4n) is 2.00. The van der Waals surface area contributed by atoms with E-state index in [1.165, 1.54) is 0 Å². The average Bonchev–Trinajstić information content (AvgIpc) is 2.80. The largest absolute Gasteiger partial charge is 0.396 e. The van der Waals surface area contributed by atoms with Crippen LogP contribution in [0.15, 0.2) is 12.4 Å². The molecule has 120 valence electrons. The molecule has 21 heavy (non-hydrogen) atoms. The lowest BCUT2D eigenvalue weighted by Crippen LogP contribution is -2.41. The highest BCUT2D eigenvalue weighted by Crippen LogP contribution is 2.17. The number of amides is 2. The zero-order valence-corrected chi connectivity index (χ0v) is 13.5. The fourth-order valence-corrected chi connectivity index (χ4v) is 2.00. The number of nitrogens with one attached hydrogen (secondary N) is 2. The van der Waals surface area contributed by atoms with Gasteiger partial charge in [0.05, 0.1) is 6.54 Å². The van der Waals surface area contributed by atoms with Crippen LogP contribution in [0.1, 0.15) is 39.9 Å². The Balaban J connectivity index is 2.38. The second kappa shape index (κ2) is 8.02. The Kier molecular flexibility index (Phi) is 6.68. The third-order valence-electron chi connectivity index (χ3n) is 3.29. The van der Waals surface area contributed by atoms with E-state index < -0.39 is 0 Å². The summed E-state index contributed by atoms with van der Waals surface area (Å²) < 4.78 is 2.06. The van der Waals surface area contributed by atoms with Crippen LogP contribution in [-0.2, 0) is 13.1 Å². The highest BCUT2D eigenvalue weighted by molar-refractivity contribution is 5.73. The van der Waals surface area contributed by atoms with Gasteiger partial charge >= 0.3 is 6.03 Å². The molecular formula is C15H28N4O2. The molecule has 1 heterocycles. The lowest BCUT2D eigenvalue weighted by Gasteiger charge is -2.23. The monoisotopic (exact) mass is 296 g/mol. The molecule has 0 aliphatic carbocycles. The maximum absolute atomic E-state index is 11.8. The van der Waals surface area contributed by atoms with Gasteiger partial charge in [-0.3, -0.25) is 0 Å². The standard InChI is InChI=1S/C15H28N4O2/c1-12(2)10-19-7-6-16-13(19)9-17-14(21)18-11-15(3,4)5-8-20/h6-7,12,20H,5,8-11H2,1-4H3,(H2,17,18,21). The van der Waals surface area contributed by atoms with Gasteiger partial charge in [0.25, 0.3) is 0 Å². The van der Waals surface area contributed by atoms with Gasteiger partial charge in [0.1, 0.15) is 5.82 Å². The molecule has 0 saturated heterocycles. The number of nitrogens with zero attached hydrogens (tertiary/aromatic N) is 2. The van der Waals surface area contributed by atoms with Crippen LogP contribution in [0.5, 0.6) is 0 Å². The number of aliphatic hydroxyl groups excluding tert-OH is 1. The summed E-state index contributed by atoms with van der Waals surface area (Å²) in [5, 5.41) is 14.6. The summed E-state index contributed by atoms with van der Waals surface area (Å²) >= 11 is 0. The summed E-state index contributed by atoms with van der Waals surface area (Å²) in [6.07, 6.45) is 4.34. The van der Waals surface area contributed by atoms with Crippen LogP contribution in [-0.4, -0.2) is 33.8 Å². The Bertz CT molecular complexity index is 441. The van der Waals surface area contributed by atoms with Gasteiger partial charge in [-0.25, -0.2) is 9.78 Å². The van der Waals surface area contributed by atoms with Crippen molar-refractivity contribution in [3.05, 3.63) is 18.2 Å². The number of rotatable bonds is 8. The maximum atomic E-state index is 11.8. The number of hydrogen-bond acceptors (Lipinski definition) is 3. The second-order valence-corrected chi connectivity index (χ2v) is 6.56. The molecule has 0 saturated carbocycles. The molecule has 0 aromatic carbocycles. The van der Waals surface area contributed by atoms with Crippen molar-refractivity contribution in [2.75, 3.05) is 13.2 Å². The van der Waals surface area contributed by atoms with Crippen molar-refractivity contribution in [1.82, 2.24) is 20.2 Å². The molecule has 0 spiro atoms. The summed E-state index contributed by atoms with van der Waals surface area (Å²) in [5.41, 5.74) is -0.109. The molecule has 3 N–H and O–H groups in total. The number of carbonyl (C=O) groups excluding carboxylic acids is 1. The summed E-state index contributed by atoms with van der Waals surface area (Å²) in [6.45, 7) is 10.3. The topological polar surface area (TPSA) is 79.2 Å². The van der Waals surface area contributed by atoms with Gasteiger partial charge in [-0.1, -0.05) is 27.7 Å². The quantitative estimate of drug-likeness (QED) is 0.684. The van der Waals surface area contributed by atoms with Gasteiger partial charge in [-0.05, 0) is 17.8 Å². The Hall–Kier alpha value is -1.56. The second-order valence-electron chi connectivity index (χ2n) is 6.56. The van der Waals surface area contributed by atoms with Gasteiger partial charge in [0, 0.05) is 32.1 Å². The van der Waals surface area contributed by atoms with E-state index in [-0.39, 0.29) is 18.1 Å². The van der Waals surface area contributed by atoms with Gasteiger partial charge in [-0.2, -0.15) is 0 Å². The van der Waals surface area contributed by atoms with Crippen molar-refractivity contribution in [3.8, 4) is 0 Å². The molecule has 0 unspecified atom stereocenters. The highest BCUT2D eigenvalue weighted by atomic mass is 16.3. The first kappa shape index (κ1) is 17.5. The molecule has 6 heteroatoms. The first-order valence-electron chi connectivity index (χ1n) is 7.46. The van der Waals surface area contributed by atoms with Crippen molar-refractivity contribution < 1.29 is 9.90 Å². The van der Waals surface area contributed by atoms with E-state index in [1.54, 1.807) is 6.20 Å². The molecule has 0 radical (unpaired) electrons. The number of aliphatic hydroxyl groups is 1. The number of urea groups is 1. The van der Waals surface area contributed by atoms with Crippen LogP contribution in [0.3, 0.4) is 0 Å². The summed E-state index contributed by atoms with van der Waals surface area (Å²) in [7, 11) is 0. The van der Waals surface area contributed by atoms with E-state index in [4.69, 9.17) is 5.11 Å². The van der Waals surface area contributed by atoms with Crippen molar-refractivity contribution in [1.29, 1.82) is 0 Å². The maximum Gasteiger partial charge on any atom is 0.315 e. The Morgan fingerprint density at radius 1 is 1.43 bits per heavy atom. The van der Waals surface area contributed by atoms with Crippen molar-refractivity contribution >= 4 is 6.03 Å². The van der Waals surface area contributed by atoms with E-state index in [1.807, 2.05) is 20.0 Å². The minimum atomic E-state index is -0.208. The molecule has 0 fully saturated rings. The molecule has 0 atom stereocenters. The third kappa shape index (κ3) is 6.62. The lowest BCUT2D eigenvalue weighted by molar-refractivity contribution is 0.201. The van der Waals surface area contributed by atoms with Gasteiger partial charge in [0.15, 0.2) is 0 Å². The lowest BCUT2D eigenvalue weighted by atomic mass is 9.90. The number of imidazole rings is 1. The molecule has 1 aromatic heterocycles. The summed E-state index contributed by atoms with van der Waals surface area (Å²) in [4.78, 5) is 16.1. The third-order valence-corrected chi connectivity index (χ3v) is 3.29. The Labute approximate surface area is 127 Å². The zero-order chi connectivity index (χ0) is 15.9. The van der Waals surface area contributed by atoms with Gasteiger partial charge in [-0.15, -0.1) is 0 Å². The molecule has 1 rings (SSSR count). The molecule has 0 bridgehead atoms. The minimum Gasteiger partial charge on any atom is -0.396 e. The first-order valence-corrected chi connectivity index (χ1v) is 7.46. The predicted molar refractivity (Wildman–Crippen MR) is 82.8 cm³/mol. The average molecular weight is 296 g/mol.